The molecule has 20 heavy (non-hydrogen) atoms. The van der Waals surface area contributed by atoms with E-state index < -0.39 is 5.82 Å². The van der Waals surface area contributed by atoms with Crippen LogP contribution in [0.25, 0.3) is 0 Å². The van der Waals surface area contributed by atoms with Crippen LogP contribution in [0.3, 0.4) is 0 Å². The third-order valence-corrected chi connectivity index (χ3v) is 3.86. The summed E-state index contributed by atoms with van der Waals surface area (Å²) in [4.78, 5) is 0. The van der Waals surface area contributed by atoms with E-state index in [4.69, 9.17) is 0 Å². The molecule has 0 aliphatic heterocycles. The number of nitrogens with one attached hydrogen (secondary N) is 1. The second-order valence-electron chi connectivity index (χ2n) is 4.86. The van der Waals surface area contributed by atoms with Crippen LogP contribution in [0.15, 0.2) is 46.9 Å². The SMILES string of the molecule is CC(N[C@@H](C)c1ccc(Br)cc1)c1ccc(F)cc1O. The molecule has 0 radical (unpaired) electrons. The highest BCUT2D eigenvalue weighted by Crippen LogP contribution is 2.27. The van der Waals surface area contributed by atoms with Crippen LogP contribution in [-0.4, -0.2) is 5.11 Å². The molecule has 0 spiro atoms. The minimum absolute atomic E-state index is 0.0204. The van der Waals surface area contributed by atoms with Crippen molar-refractivity contribution in [3.05, 3.63) is 63.9 Å². The largest absolute Gasteiger partial charge is 0.508 e. The molecule has 0 saturated heterocycles. The fourth-order valence-electron chi connectivity index (χ4n) is 2.20. The molecule has 2 atom stereocenters. The maximum atomic E-state index is 13.0. The number of aromatic hydroxyl groups is 1. The van der Waals surface area contributed by atoms with Crippen LogP contribution in [0.5, 0.6) is 5.75 Å². The molecular weight excluding hydrogens is 321 g/mol. The first-order valence-corrected chi connectivity index (χ1v) is 7.26. The molecule has 106 valence electrons. The quantitative estimate of drug-likeness (QED) is 0.847. The Morgan fingerprint density at radius 3 is 2.30 bits per heavy atom. The van der Waals surface area contributed by atoms with Crippen molar-refractivity contribution < 1.29 is 9.50 Å². The summed E-state index contributed by atoms with van der Waals surface area (Å²) in [6, 6.07) is 12.2. The number of halogens is 2. The van der Waals surface area contributed by atoms with Crippen LogP contribution in [0.4, 0.5) is 4.39 Å². The molecule has 2 N–H and O–H groups in total. The van der Waals surface area contributed by atoms with Crippen LogP contribution in [-0.2, 0) is 0 Å². The predicted molar refractivity (Wildman–Crippen MR) is 82.2 cm³/mol. The van der Waals surface area contributed by atoms with Gasteiger partial charge in [0.25, 0.3) is 0 Å². The van der Waals surface area contributed by atoms with Gasteiger partial charge in [-0.25, -0.2) is 4.39 Å². The zero-order valence-electron chi connectivity index (χ0n) is 11.4. The van der Waals surface area contributed by atoms with Gasteiger partial charge in [0, 0.05) is 28.2 Å². The average molecular weight is 338 g/mol. The van der Waals surface area contributed by atoms with Gasteiger partial charge in [-0.3, -0.25) is 0 Å². The van der Waals surface area contributed by atoms with Crippen molar-refractivity contribution in [2.24, 2.45) is 0 Å². The molecule has 2 rings (SSSR count). The maximum absolute atomic E-state index is 13.0. The molecule has 0 aliphatic carbocycles. The molecule has 1 unspecified atom stereocenters. The van der Waals surface area contributed by atoms with E-state index in [-0.39, 0.29) is 17.8 Å². The standard InChI is InChI=1S/C16H17BrFNO/c1-10(12-3-5-13(17)6-4-12)19-11(2)15-8-7-14(18)9-16(15)20/h3-11,19-20H,1-2H3/t10-,11?/m0/s1. The summed E-state index contributed by atoms with van der Waals surface area (Å²) in [6.45, 7) is 4.00. The maximum Gasteiger partial charge on any atom is 0.126 e. The van der Waals surface area contributed by atoms with E-state index in [2.05, 4.69) is 28.2 Å². The first-order valence-electron chi connectivity index (χ1n) is 6.47. The lowest BCUT2D eigenvalue weighted by molar-refractivity contribution is 0.434. The molecule has 0 saturated carbocycles. The summed E-state index contributed by atoms with van der Waals surface area (Å²) < 4.78 is 14.0. The van der Waals surface area contributed by atoms with Gasteiger partial charge in [0.15, 0.2) is 0 Å². The minimum Gasteiger partial charge on any atom is -0.508 e. The highest BCUT2D eigenvalue weighted by Gasteiger charge is 2.14. The number of rotatable bonds is 4. The first-order chi connectivity index (χ1) is 9.47. The molecule has 2 nitrogen and oxygen atoms in total. The number of hydrogen-bond acceptors (Lipinski definition) is 2. The second-order valence-corrected chi connectivity index (χ2v) is 5.78. The van der Waals surface area contributed by atoms with Gasteiger partial charge in [0.1, 0.15) is 11.6 Å². The summed E-state index contributed by atoms with van der Waals surface area (Å²) in [5.41, 5.74) is 1.84. The molecule has 2 aromatic carbocycles. The zero-order chi connectivity index (χ0) is 14.7. The van der Waals surface area contributed by atoms with Gasteiger partial charge in [0.2, 0.25) is 0 Å². The van der Waals surface area contributed by atoms with Crippen LogP contribution >= 0.6 is 15.9 Å². The molecule has 0 fully saturated rings. The van der Waals surface area contributed by atoms with Crippen LogP contribution in [0.2, 0.25) is 0 Å². The summed E-state index contributed by atoms with van der Waals surface area (Å²) in [7, 11) is 0. The first kappa shape index (κ1) is 15.0. The third-order valence-electron chi connectivity index (χ3n) is 3.33. The topological polar surface area (TPSA) is 32.3 Å². The third kappa shape index (κ3) is 3.58. The summed E-state index contributed by atoms with van der Waals surface area (Å²) in [6.07, 6.45) is 0. The van der Waals surface area contributed by atoms with Gasteiger partial charge in [-0.2, -0.15) is 0 Å². The van der Waals surface area contributed by atoms with E-state index in [0.717, 1.165) is 16.1 Å². The number of hydrogen-bond donors (Lipinski definition) is 2. The van der Waals surface area contributed by atoms with Gasteiger partial charge in [-0.15, -0.1) is 0 Å². The highest BCUT2D eigenvalue weighted by molar-refractivity contribution is 9.10. The lowest BCUT2D eigenvalue weighted by atomic mass is 10.0. The summed E-state index contributed by atoms with van der Waals surface area (Å²) >= 11 is 3.41. The Morgan fingerprint density at radius 2 is 1.70 bits per heavy atom. The van der Waals surface area contributed by atoms with Gasteiger partial charge < -0.3 is 10.4 Å². The average Bonchev–Trinajstić information content (AvgIpc) is 2.39. The fourth-order valence-corrected chi connectivity index (χ4v) is 2.46. The van der Waals surface area contributed by atoms with Crippen molar-refractivity contribution in [2.45, 2.75) is 25.9 Å². The van der Waals surface area contributed by atoms with Crippen molar-refractivity contribution >= 4 is 15.9 Å². The monoisotopic (exact) mass is 337 g/mol. The molecule has 0 aromatic heterocycles. The molecule has 2 aromatic rings. The van der Waals surface area contributed by atoms with Crippen LogP contribution in [0.1, 0.15) is 37.1 Å². The molecular formula is C16H17BrFNO. The lowest BCUT2D eigenvalue weighted by Crippen LogP contribution is -2.22. The van der Waals surface area contributed by atoms with Crippen LogP contribution in [0, 0.1) is 5.82 Å². The van der Waals surface area contributed by atoms with E-state index in [9.17, 15) is 9.50 Å². The Hall–Kier alpha value is -1.39. The molecule has 0 bridgehead atoms. The van der Waals surface area contributed by atoms with Gasteiger partial charge in [0.05, 0.1) is 0 Å². The van der Waals surface area contributed by atoms with E-state index in [1.165, 1.54) is 6.07 Å². The Kier molecular flexibility index (Phi) is 4.78. The van der Waals surface area contributed by atoms with Crippen LogP contribution < -0.4 is 5.32 Å². The Balaban J connectivity index is 2.10. The normalized spacial score (nSPS) is 14.0. The van der Waals surface area contributed by atoms with Crippen molar-refractivity contribution in [3.63, 3.8) is 0 Å². The Labute approximate surface area is 126 Å². The predicted octanol–water partition coefficient (Wildman–Crippen LogP) is 4.71. The van der Waals surface area contributed by atoms with Gasteiger partial charge in [-0.05, 0) is 37.6 Å². The highest BCUT2D eigenvalue weighted by atomic mass is 79.9. The minimum atomic E-state index is -0.431. The van der Waals surface area contributed by atoms with E-state index >= 15 is 0 Å². The van der Waals surface area contributed by atoms with Crippen molar-refractivity contribution in [3.8, 4) is 5.75 Å². The molecule has 4 heteroatoms. The molecule has 0 heterocycles. The van der Waals surface area contributed by atoms with Gasteiger partial charge >= 0.3 is 0 Å². The van der Waals surface area contributed by atoms with Crippen molar-refractivity contribution in [1.29, 1.82) is 0 Å². The number of benzene rings is 2. The van der Waals surface area contributed by atoms with Crippen molar-refractivity contribution in [2.75, 3.05) is 0 Å². The fraction of sp³-hybridized carbons (Fsp3) is 0.250. The zero-order valence-corrected chi connectivity index (χ0v) is 13.0. The molecule has 0 amide bonds. The van der Waals surface area contributed by atoms with E-state index in [1.807, 2.05) is 31.2 Å². The number of phenols is 1. The van der Waals surface area contributed by atoms with Gasteiger partial charge in [-0.1, -0.05) is 34.1 Å². The number of phenolic OH excluding ortho intramolecular Hbond substituents is 1. The van der Waals surface area contributed by atoms with Crippen molar-refractivity contribution in [1.82, 2.24) is 5.32 Å². The molecule has 0 aliphatic rings. The summed E-state index contributed by atoms with van der Waals surface area (Å²) in [5.74, 6) is -0.451. The Bertz CT molecular complexity index is 586. The van der Waals surface area contributed by atoms with E-state index in [0.29, 0.717) is 5.56 Å². The second kappa shape index (κ2) is 6.37. The van der Waals surface area contributed by atoms with E-state index in [1.54, 1.807) is 6.07 Å². The Morgan fingerprint density at radius 1 is 1.05 bits per heavy atom. The smallest absolute Gasteiger partial charge is 0.126 e. The summed E-state index contributed by atoms with van der Waals surface area (Å²) in [5, 5.41) is 13.2. The lowest BCUT2D eigenvalue weighted by Gasteiger charge is -2.21.